The predicted molar refractivity (Wildman–Crippen MR) is 45.8 cm³/mol. The van der Waals surface area contributed by atoms with Crippen LogP contribution < -0.4 is 0 Å². The maximum absolute atomic E-state index is 5.40. The highest BCUT2D eigenvalue weighted by molar-refractivity contribution is 6.19. The van der Waals surface area contributed by atoms with Gasteiger partial charge >= 0.3 is 0 Å². The molecule has 1 aliphatic heterocycles. The lowest BCUT2D eigenvalue weighted by atomic mass is 10.4. The van der Waals surface area contributed by atoms with Crippen LogP contribution in [0.2, 0.25) is 0 Å². The Morgan fingerprint density at radius 2 is 2.00 bits per heavy atom. The number of nitrogens with zero attached hydrogens (tertiary/aromatic N) is 1. The predicted octanol–water partition coefficient (Wildman–Crippen LogP) is 0.561. The largest absolute Gasteiger partial charge is 0.379 e. The van der Waals surface area contributed by atoms with E-state index in [9.17, 15) is 0 Å². The summed E-state index contributed by atoms with van der Waals surface area (Å²) in [5.41, 5.74) is 0. The molecular formula is C8H12ClNO. The van der Waals surface area contributed by atoms with Crippen LogP contribution in [0.3, 0.4) is 0 Å². The molecule has 0 saturated carbocycles. The summed E-state index contributed by atoms with van der Waals surface area (Å²) in [4.78, 5) is 2.27. The van der Waals surface area contributed by atoms with Crippen molar-refractivity contribution in [2.24, 2.45) is 0 Å². The SMILES string of the molecule is ClCC#CCN1CCOCC1. The first-order valence-electron chi connectivity index (χ1n) is 3.75. The van der Waals surface area contributed by atoms with Gasteiger partial charge in [0.1, 0.15) is 0 Å². The molecule has 0 atom stereocenters. The van der Waals surface area contributed by atoms with Crippen LogP contribution in [-0.4, -0.2) is 43.6 Å². The van der Waals surface area contributed by atoms with Crippen LogP contribution in [0.25, 0.3) is 0 Å². The van der Waals surface area contributed by atoms with Gasteiger partial charge in [0, 0.05) is 13.1 Å². The Hall–Kier alpha value is -0.230. The Kier molecular flexibility index (Phi) is 4.37. The first kappa shape index (κ1) is 8.86. The van der Waals surface area contributed by atoms with Crippen molar-refractivity contribution in [2.75, 3.05) is 38.7 Å². The highest BCUT2D eigenvalue weighted by Gasteiger charge is 2.07. The number of hydrogen-bond acceptors (Lipinski definition) is 2. The first-order chi connectivity index (χ1) is 5.43. The number of morpholine rings is 1. The van der Waals surface area contributed by atoms with Gasteiger partial charge in [0.2, 0.25) is 0 Å². The Labute approximate surface area is 72.5 Å². The summed E-state index contributed by atoms with van der Waals surface area (Å²) >= 11 is 5.40. The summed E-state index contributed by atoms with van der Waals surface area (Å²) < 4.78 is 5.19. The third-order valence-corrected chi connectivity index (χ3v) is 1.73. The molecule has 0 spiro atoms. The van der Waals surface area contributed by atoms with Crippen molar-refractivity contribution < 1.29 is 4.74 Å². The van der Waals surface area contributed by atoms with E-state index in [0.29, 0.717) is 5.88 Å². The molecule has 1 rings (SSSR count). The lowest BCUT2D eigenvalue weighted by molar-refractivity contribution is 0.0443. The summed E-state index contributed by atoms with van der Waals surface area (Å²) in [5, 5.41) is 0. The maximum atomic E-state index is 5.40. The van der Waals surface area contributed by atoms with E-state index in [-0.39, 0.29) is 0 Å². The molecule has 1 aliphatic rings. The minimum atomic E-state index is 0.435. The van der Waals surface area contributed by atoms with Crippen molar-refractivity contribution in [1.82, 2.24) is 4.90 Å². The van der Waals surface area contributed by atoms with Crippen molar-refractivity contribution >= 4 is 11.6 Å². The third kappa shape index (κ3) is 3.62. The Morgan fingerprint density at radius 1 is 1.27 bits per heavy atom. The molecule has 1 fully saturated rings. The third-order valence-electron chi connectivity index (χ3n) is 1.60. The number of ether oxygens (including phenoxy) is 1. The van der Waals surface area contributed by atoms with E-state index < -0.39 is 0 Å². The average molecular weight is 174 g/mol. The summed E-state index contributed by atoms with van der Waals surface area (Å²) in [6.45, 7) is 4.50. The van der Waals surface area contributed by atoms with Gasteiger partial charge < -0.3 is 4.74 Å². The highest BCUT2D eigenvalue weighted by atomic mass is 35.5. The van der Waals surface area contributed by atoms with E-state index in [2.05, 4.69) is 16.7 Å². The topological polar surface area (TPSA) is 12.5 Å². The van der Waals surface area contributed by atoms with Gasteiger partial charge in [-0.1, -0.05) is 11.8 Å². The van der Waals surface area contributed by atoms with Gasteiger partial charge in [-0.25, -0.2) is 0 Å². The molecule has 62 valence electrons. The molecular weight excluding hydrogens is 162 g/mol. The molecule has 1 saturated heterocycles. The van der Waals surface area contributed by atoms with Gasteiger partial charge in [0.25, 0.3) is 0 Å². The van der Waals surface area contributed by atoms with E-state index >= 15 is 0 Å². The molecule has 11 heavy (non-hydrogen) atoms. The Balaban J connectivity index is 2.14. The normalized spacial score (nSPS) is 19.0. The van der Waals surface area contributed by atoms with Crippen LogP contribution in [0.1, 0.15) is 0 Å². The van der Waals surface area contributed by atoms with Crippen LogP contribution >= 0.6 is 11.6 Å². The van der Waals surface area contributed by atoms with Crippen LogP contribution in [0.5, 0.6) is 0 Å². The van der Waals surface area contributed by atoms with Crippen LogP contribution in [0, 0.1) is 11.8 Å². The van der Waals surface area contributed by atoms with Gasteiger partial charge in [-0.3, -0.25) is 4.90 Å². The maximum Gasteiger partial charge on any atom is 0.0835 e. The molecule has 0 radical (unpaired) electrons. The van der Waals surface area contributed by atoms with Gasteiger partial charge in [-0.05, 0) is 0 Å². The van der Waals surface area contributed by atoms with Crippen molar-refractivity contribution in [1.29, 1.82) is 0 Å². The fraction of sp³-hybridized carbons (Fsp3) is 0.750. The van der Waals surface area contributed by atoms with E-state index in [1.165, 1.54) is 0 Å². The lowest BCUT2D eigenvalue weighted by Gasteiger charge is -2.24. The zero-order valence-corrected chi connectivity index (χ0v) is 7.23. The summed E-state index contributed by atoms with van der Waals surface area (Å²) in [5.74, 6) is 6.26. The molecule has 0 aromatic heterocycles. The highest BCUT2D eigenvalue weighted by Crippen LogP contribution is 1.94. The molecule has 2 nitrogen and oxygen atoms in total. The average Bonchev–Trinajstić information content (AvgIpc) is 2.07. The van der Waals surface area contributed by atoms with Crippen LogP contribution in [-0.2, 0) is 4.74 Å². The molecule has 0 unspecified atom stereocenters. The van der Waals surface area contributed by atoms with E-state index in [1.54, 1.807) is 0 Å². The van der Waals surface area contributed by atoms with Gasteiger partial charge in [0.15, 0.2) is 0 Å². The van der Waals surface area contributed by atoms with E-state index in [4.69, 9.17) is 16.3 Å². The monoisotopic (exact) mass is 173 g/mol. The zero-order valence-electron chi connectivity index (χ0n) is 6.48. The molecule has 0 bridgehead atoms. The quantitative estimate of drug-likeness (QED) is 0.425. The molecule has 0 aliphatic carbocycles. The van der Waals surface area contributed by atoms with Gasteiger partial charge in [0.05, 0.1) is 25.6 Å². The Morgan fingerprint density at radius 3 is 2.64 bits per heavy atom. The second-order valence-corrected chi connectivity index (χ2v) is 2.64. The summed E-state index contributed by atoms with van der Waals surface area (Å²) in [6.07, 6.45) is 0. The van der Waals surface area contributed by atoms with Crippen molar-refractivity contribution in [3.63, 3.8) is 0 Å². The molecule has 0 aromatic rings. The summed E-state index contributed by atoms with van der Waals surface area (Å²) in [6, 6.07) is 0. The Bertz CT molecular complexity index is 155. The number of hydrogen-bond donors (Lipinski definition) is 0. The van der Waals surface area contributed by atoms with Crippen molar-refractivity contribution in [3.05, 3.63) is 0 Å². The van der Waals surface area contributed by atoms with E-state index in [1.807, 2.05) is 0 Å². The minimum absolute atomic E-state index is 0.435. The van der Waals surface area contributed by atoms with Gasteiger partial charge in [-0.2, -0.15) is 0 Å². The fourth-order valence-electron chi connectivity index (χ4n) is 0.974. The fourth-order valence-corrected chi connectivity index (χ4v) is 1.07. The van der Waals surface area contributed by atoms with Crippen molar-refractivity contribution in [3.8, 4) is 11.8 Å². The van der Waals surface area contributed by atoms with E-state index in [0.717, 1.165) is 32.8 Å². The second-order valence-electron chi connectivity index (χ2n) is 2.38. The molecule has 1 heterocycles. The smallest absolute Gasteiger partial charge is 0.0835 e. The standard InChI is InChI=1S/C8H12ClNO/c9-3-1-2-4-10-5-7-11-8-6-10/h3-8H2. The van der Waals surface area contributed by atoms with Crippen LogP contribution in [0.4, 0.5) is 0 Å². The minimum Gasteiger partial charge on any atom is -0.379 e. The molecule has 0 aromatic carbocycles. The molecule has 3 heteroatoms. The van der Waals surface area contributed by atoms with Crippen molar-refractivity contribution in [2.45, 2.75) is 0 Å². The van der Waals surface area contributed by atoms with Crippen LogP contribution in [0.15, 0.2) is 0 Å². The summed E-state index contributed by atoms with van der Waals surface area (Å²) in [7, 11) is 0. The second kappa shape index (κ2) is 5.42. The molecule has 0 N–H and O–H groups in total. The lowest BCUT2D eigenvalue weighted by Crippen LogP contribution is -2.36. The zero-order chi connectivity index (χ0) is 7.94. The molecule has 0 amide bonds. The van der Waals surface area contributed by atoms with Gasteiger partial charge in [-0.15, -0.1) is 11.6 Å². The number of halogens is 1. The number of rotatable bonds is 1. The number of alkyl halides is 1. The first-order valence-corrected chi connectivity index (χ1v) is 4.28.